The van der Waals surface area contributed by atoms with Crippen LogP contribution in [0.25, 0.3) is 11.3 Å². The second-order valence-corrected chi connectivity index (χ2v) is 11.9. The van der Waals surface area contributed by atoms with E-state index in [0.717, 1.165) is 58.0 Å². The van der Waals surface area contributed by atoms with Crippen molar-refractivity contribution >= 4 is 40.3 Å². The van der Waals surface area contributed by atoms with Crippen LogP contribution in [0.4, 0.5) is 11.4 Å². The second kappa shape index (κ2) is 11.7. The first-order valence-corrected chi connectivity index (χ1v) is 15.1. The number of rotatable bonds is 7. The minimum Gasteiger partial charge on any atom is -0.494 e. The zero-order valence-electron chi connectivity index (χ0n) is 23.6. The lowest BCUT2D eigenvalue weighted by Gasteiger charge is -2.37. The van der Waals surface area contributed by atoms with Crippen molar-refractivity contribution in [3.05, 3.63) is 95.5 Å². The molecule has 0 radical (unpaired) electrons. The number of anilines is 2. The molecule has 2 aromatic heterocycles. The molecule has 8 heteroatoms. The van der Waals surface area contributed by atoms with Gasteiger partial charge in [0.1, 0.15) is 23.3 Å². The number of hydrogen-bond acceptors (Lipinski definition) is 5. The summed E-state index contributed by atoms with van der Waals surface area (Å²) < 4.78 is 12.1. The fourth-order valence-corrected chi connectivity index (χ4v) is 6.87. The van der Waals surface area contributed by atoms with Gasteiger partial charge < -0.3 is 24.3 Å². The number of furan rings is 1. The van der Waals surface area contributed by atoms with Crippen molar-refractivity contribution in [1.29, 1.82) is 0 Å². The molecule has 0 spiro atoms. The lowest BCUT2D eigenvalue weighted by atomic mass is 9.91. The highest BCUT2D eigenvalue weighted by atomic mass is 35.5. The van der Waals surface area contributed by atoms with E-state index in [2.05, 4.69) is 46.1 Å². The molecule has 0 aliphatic carbocycles. The summed E-state index contributed by atoms with van der Waals surface area (Å²) in [7, 11) is 0. The third-order valence-corrected chi connectivity index (χ3v) is 8.50. The molecule has 0 amide bonds. The molecule has 4 heterocycles. The van der Waals surface area contributed by atoms with Gasteiger partial charge in [-0.15, -0.1) is 0 Å². The normalized spacial score (nSPS) is 22.6. The Kier molecular flexibility index (Phi) is 7.91. The average molecular weight is 587 g/mol. The zero-order chi connectivity index (χ0) is 28.5. The lowest BCUT2D eigenvalue weighted by Crippen LogP contribution is -2.38. The molecule has 6 rings (SSSR count). The quantitative estimate of drug-likeness (QED) is 0.220. The first-order chi connectivity index (χ1) is 19.9. The molecular formula is C33H35ClN4O2S. The molecule has 41 heavy (non-hydrogen) atoms. The van der Waals surface area contributed by atoms with Crippen molar-refractivity contribution < 1.29 is 9.15 Å². The van der Waals surface area contributed by atoms with Gasteiger partial charge in [-0.1, -0.05) is 31.5 Å². The highest BCUT2D eigenvalue weighted by Crippen LogP contribution is 2.44. The number of aromatic nitrogens is 1. The number of piperidine rings is 1. The van der Waals surface area contributed by atoms with Crippen LogP contribution >= 0.6 is 23.8 Å². The Hall–Kier alpha value is -3.55. The van der Waals surface area contributed by atoms with E-state index in [0.29, 0.717) is 23.6 Å². The fraction of sp³-hybridized carbons (Fsp3) is 0.333. The second-order valence-electron chi connectivity index (χ2n) is 11.1. The Morgan fingerprint density at radius 2 is 1.80 bits per heavy atom. The third kappa shape index (κ3) is 5.66. The Balaban J connectivity index is 1.35. The number of benzene rings is 2. The first-order valence-electron chi connectivity index (χ1n) is 14.3. The minimum atomic E-state index is -0.259. The zero-order valence-corrected chi connectivity index (χ0v) is 25.2. The van der Waals surface area contributed by atoms with Crippen LogP contribution in [-0.4, -0.2) is 29.8 Å². The molecule has 1 N–H and O–H groups in total. The standard InChI is InChI=1S/C33H35ClN4O2S/c1-4-39-25-11-8-23(9-12-25)29-14-15-30(40-29)32-31(27-7-5-6-16-35-27)36-33(41)38(32)24-10-13-28(26(34)18-24)37-19-21(2)17-22(3)20-37/h5-16,18,21-22,31-32H,4,17,19-20H2,1-3H3,(H,36,41)/t21-,22-,31-,32+/m0/s1. The fourth-order valence-electron chi connectivity index (χ4n) is 6.23. The maximum Gasteiger partial charge on any atom is 0.174 e. The van der Waals surface area contributed by atoms with Crippen molar-refractivity contribution in [3.8, 4) is 17.1 Å². The largest absolute Gasteiger partial charge is 0.494 e. The summed E-state index contributed by atoms with van der Waals surface area (Å²) in [5.41, 5.74) is 3.85. The number of hydrogen-bond donors (Lipinski definition) is 1. The topological polar surface area (TPSA) is 53.8 Å². The number of pyridine rings is 1. The van der Waals surface area contributed by atoms with E-state index in [9.17, 15) is 0 Å². The van der Waals surface area contributed by atoms with Crippen molar-refractivity contribution in [2.75, 3.05) is 29.5 Å². The Bertz CT molecular complexity index is 1500. The van der Waals surface area contributed by atoms with Crippen LogP contribution in [0, 0.1) is 11.8 Å². The minimum absolute atomic E-state index is 0.203. The monoisotopic (exact) mass is 586 g/mol. The van der Waals surface area contributed by atoms with E-state index in [-0.39, 0.29) is 12.1 Å². The molecule has 0 saturated carbocycles. The molecule has 6 nitrogen and oxygen atoms in total. The van der Waals surface area contributed by atoms with Crippen LogP contribution < -0.4 is 19.9 Å². The number of halogens is 1. The van der Waals surface area contributed by atoms with Gasteiger partial charge in [0.15, 0.2) is 5.11 Å². The summed E-state index contributed by atoms with van der Waals surface area (Å²) in [5, 5.41) is 4.84. The summed E-state index contributed by atoms with van der Waals surface area (Å²) in [5.74, 6) is 3.68. The Labute approximate surface area is 252 Å². The Morgan fingerprint density at radius 1 is 1.02 bits per heavy atom. The first kappa shape index (κ1) is 27.6. The number of ether oxygens (including phenoxy) is 1. The van der Waals surface area contributed by atoms with E-state index in [1.54, 1.807) is 6.20 Å². The van der Waals surface area contributed by atoms with Gasteiger partial charge in [-0.05, 0) is 104 Å². The maximum atomic E-state index is 6.97. The maximum absolute atomic E-state index is 6.97. The van der Waals surface area contributed by atoms with Crippen LogP contribution in [0.15, 0.2) is 83.4 Å². The summed E-state index contributed by atoms with van der Waals surface area (Å²) in [6.07, 6.45) is 3.05. The molecule has 212 valence electrons. The molecule has 4 atom stereocenters. The number of thiocarbonyl (C=S) groups is 1. The number of nitrogens with zero attached hydrogens (tertiary/aromatic N) is 3. The predicted molar refractivity (Wildman–Crippen MR) is 170 cm³/mol. The predicted octanol–water partition coefficient (Wildman–Crippen LogP) is 8.05. The third-order valence-electron chi connectivity index (χ3n) is 7.89. The van der Waals surface area contributed by atoms with Crippen molar-refractivity contribution in [1.82, 2.24) is 10.3 Å². The van der Waals surface area contributed by atoms with Gasteiger partial charge in [-0.25, -0.2) is 0 Å². The van der Waals surface area contributed by atoms with Crippen LogP contribution in [-0.2, 0) is 0 Å². The molecule has 0 bridgehead atoms. The molecule has 2 aromatic carbocycles. The molecule has 2 fully saturated rings. The van der Waals surface area contributed by atoms with E-state index >= 15 is 0 Å². The van der Waals surface area contributed by atoms with Gasteiger partial charge in [-0.3, -0.25) is 4.98 Å². The van der Waals surface area contributed by atoms with Gasteiger partial charge in [0.25, 0.3) is 0 Å². The summed E-state index contributed by atoms with van der Waals surface area (Å²) in [6.45, 7) is 9.26. The van der Waals surface area contributed by atoms with Gasteiger partial charge in [0.05, 0.1) is 29.1 Å². The Morgan fingerprint density at radius 3 is 2.49 bits per heavy atom. The summed E-state index contributed by atoms with van der Waals surface area (Å²) >= 11 is 12.9. The molecule has 4 aromatic rings. The van der Waals surface area contributed by atoms with Crippen LogP contribution in [0.5, 0.6) is 5.75 Å². The molecule has 2 saturated heterocycles. The summed E-state index contributed by atoms with van der Waals surface area (Å²) in [4.78, 5) is 9.18. The van der Waals surface area contributed by atoms with Gasteiger partial charge in [0.2, 0.25) is 0 Å². The highest BCUT2D eigenvalue weighted by Gasteiger charge is 2.43. The number of nitrogens with one attached hydrogen (secondary N) is 1. The molecule has 0 unspecified atom stereocenters. The highest BCUT2D eigenvalue weighted by molar-refractivity contribution is 7.80. The van der Waals surface area contributed by atoms with E-state index in [4.69, 9.17) is 33.0 Å². The molecular weight excluding hydrogens is 552 g/mol. The molecule has 2 aliphatic heterocycles. The smallest absolute Gasteiger partial charge is 0.174 e. The van der Waals surface area contributed by atoms with E-state index in [1.165, 1.54) is 6.42 Å². The van der Waals surface area contributed by atoms with E-state index < -0.39 is 0 Å². The van der Waals surface area contributed by atoms with E-state index in [1.807, 2.05) is 67.6 Å². The van der Waals surface area contributed by atoms with Gasteiger partial charge >= 0.3 is 0 Å². The van der Waals surface area contributed by atoms with Crippen molar-refractivity contribution in [3.63, 3.8) is 0 Å². The summed E-state index contributed by atoms with van der Waals surface area (Å²) in [6, 6.07) is 23.7. The SMILES string of the molecule is CCOc1ccc(-c2ccc([C@@H]3[C@H](c4ccccn4)NC(=S)N3c3ccc(N4C[C@@H](C)C[C@H](C)C4)c(Cl)c3)o2)cc1. The van der Waals surface area contributed by atoms with Crippen LogP contribution in [0.3, 0.4) is 0 Å². The average Bonchev–Trinajstić information content (AvgIpc) is 3.58. The lowest BCUT2D eigenvalue weighted by molar-refractivity contribution is 0.340. The molecule has 2 aliphatic rings. The van der Waals surface area contributed by atoms with Crippen molar-refractivity contribution in [2.45, 2.75) is 39.3 Å². The van der Waals surface area contributed by atoms with Gasteiger partial charge in [0, 0.05) is 30.5 Å². The van der Waals surface area contributed by atoms with Gasteiger partial charge in [-0.2, -0.15) is 0 Å². The van der Waals surface area contributed by atoms with Crippen LogP contribution in [0.1, 0.15) is 50.7 Å². The van der Waals surface area contributed by atoms with Crippen molar-refractivity contribution in [2.24, 2.45) is 11.8 Å². The van der Waals surface area contributed by atoms with Crippen LogP contribution in [0.2, 0.25) is 5.02 Å².